The van der Waals surface area contributed by atoms with Gasteiger partial charge in [-0.3, -0.25) is 4.79 Å². The van der Waals surface area contributed by atoms with Gasteiger partial charge in [-0.05, 0) is 45.6 Å². The molecule has 2 heteroatoms. The lowest BCUT2D eigenvalue weighted by Gasteiger charge is -1.98. The van der Waals surface area contributed by atoms with Gasteiger partial charge in [-0.1, -0.05) is 17.7 Å². The number of hydrogen-bond donors (Lipinski definition) is 0. The van der Waals surface area contributed by atoms with Crippen molar-refractivity contribution in [1.29, 1.82) is 0 Å². The van der Waals surface area contributed by atoms with Gasteiger partial charge in [0.1, 0.15) is 12.1 Å². The zero-order valence-electron chi connectivity index (χ0n) is 9.88. The lowest BCUT2D eigenvalue weighted by atomic mass is 10.1. The van der Waals surface area contributed by atoms with Gasteiger partial charge in [-0.25, -0.2) is 0 Å². The van der Waals surface area contributed by atoms with Gasteiger partial charge in [0.25, 0.3) is 0 Å². The number of carbonyl (C=O) groups excluding carboxylic acids is 2. The number of carbonyl (C=O) groups is 2. The Balaban J connectivity index is 3.77. The molecule has 0 bridgehead atoms. The average Bonchev–Trinajstić information content (AvgIpc) is 2.17. The summed E-state index contributed by atoms with van der Waals surface area (Å²) < 4.78 is 0. The smallest absolute Gasteiger partial charge is 0.145 e. The molecule has 0 fully saturated rings. The predicted molar refractivity (Wildman–Crippen MR) is 62.7 cm³/mol. The first-order valence-electron chi connectivity index (χ1n) is 5.33. The number of hydrogen-bond acceptors (Lipinski definition) is 2. The highest BCUT2D eigenvalue weighted by atomic mass is 16.1. The fourth-order valence-electron chi connectivity index (χ4n) is 1.20. The van der Waals surface area contributed by atoms with Gasteiger partial charge in [0.2, 0.25) is 0 Å². The van der Waals surface area contributed by atoms with Crippen molar-refractivity contribution in [3.8, 4) is 0 Å². The van der Waals surface area contributed by atoms with Crippen molar-refractivity contribution >= 4 is 12.1 Å². The summed E-state index contributed by atoms with van der Waals surface area (Å²) >= 11 is 0. The summed E-state index contributed by atoms with van der Waals surface area (Å²) in [5.41, 5.74) is 2.07. The third-order valence-corrected chi connectivity index (χ3v) is 2.18. The van der Waals surface area contributed by atoms with Gasteiger partial charge in [0.15, 0.2) is 0 Å². The first kappa shape index (κ1) is 13.8. The molecule has 0 saturated heterocycles. The van der Waals surface area contributed by atoms with E-state index in [0.29, 0.717) is 6.42 Å². The Labute approximate surface area is 92.1 Å². The monoisotopic (exact) mass is 208 g/mol. The van der Waals surface area contributed by atoms with Crippen molar-refractivity contribution in [3.63, 3.8) is 0 Å². The predicted octanol–water partition coefficient (Wildman–Crippen LogP) is 3.23. The van der Waals surface area contributed by atoms with Crippen molar-refractivity contribution in [2.24, 2.45) is 0 Å². The molecule has 0 heterocycles. The average molecular weight is 208 g/mol. The highest BCUT2D eigenvalue weighted by Crippen LogP contribution is 2.08. The van der Waals surface area contributed by atoms with Crippen LogP contribution in [-0.2, 0) is 9.59 Å². The van der Waals surface area contributed by atoms with Crippen molar-refractivity contribution in [1.82, 2.24) is 0 Å². The molecule has 0 amide bonds. The molecule has 0 aliphatic heterocycles. The lowest BCUT2D eigenvalue weighted by Crippen LogP contribution is -1.87. The number of ketones is 1. The molecule has 0 N–H and O–H groups in total. The zero-order valence-corrected chi connectivity index (χ0v) is 9.88. The Morgan fingerprint density at radius 3 is 2.13 bits per heavy atom. The van der Waals surface area contributed by atoms with E-state index in [2.05, 4.69) is 13.0 Å². The molecule has 0 aromatic carbocycles. The van der Waals surface area contributed by atoms with Gasteiger partial charge < -0.3 is 4.79 Å². The Bertz CT molecular complexity index is 272. The number of allylic oxidation sites excluding steroid dienone is 4. The molecule has 0 aliphatic rings. The number of rotatable bonds is 7. The molecular formula is C13H20O2. The molecule has 0 aromatic rings. The van der Waals surface area contributed by atoms with Gasteiger partial charge in [-0.2, -0.15) is 0 Å². The van der Waals surface area contributed by atoms with E-state index >= 15 is 0 Å². The van der Waals surface area contributed by atoms with Crippen LogP contribution in [0.2, 0.25) is 0 Å². The Kier molecular flexibility index (Phi) is 7.51. The maximum atomic E-state index is 10.7. The topological polar surface area (TPSA) is 34.1 Å². The van der Waals surface area contributed by atoms with E-state index in [4.69, 9.17) is 0 Å². The van der Waals surface area contributed by atoms with E-state index in [1.165, 1.54) is 5.57 Å². The van der Waals surface area contributed by atoms with Crippen LogP contribution in [0.1, 0.15) is 46.5 Å². The third-order valence-electron chi connectivity index (χ3n) is 2.18. The highest BCUT2D eigenvalue weighted by molar-refractivity contribution is 5.75. The van der Waals surface area contributed by atoms with Crippen LogP contribution < -0.4 is 0 Å². The summed E-state index contributed by atoms with van der Waals surface area (Å²) in [7, 11) is 0. The molecule has 0 spiro atoms. The highest BCUT2D eigenvalue weighted by Gasteiger charge is 1.92. The molecule has 84 valence electrons. The van der Waals surface area contributed by atoms with Crippen molar-refractivity contribution in [2.45, 2.75) is 46.5 Å². The largest absolute Gasteiger partial charge is 0.300 e. The molecule has 0 atom stereocenters. The van der Waals surface area contributed by atoms with E-state index in [1.54, 1.807) is 6.92 Å². The second kappa shape index (κ2) is 8.16. The molecule has 15 heavy (non-hydrogen) atoms. The SMILES string of the molecule is CC(=O)CCC=C(C)CC/C=C(\C)C=O. The number of Topliss-reactive ketones (excluding diaryl/α,β-unsaturated/α-hetero) is 1. The minimum absolute atomic E-state index is 0.232. The standard InChI is InChI=1S/C13H20O2/c1-11(7-5-9-13(3)15)6-4-8-12(2)10-14/h7-8,10H,4-6,9H2,1-3H3/b11-7?,12-8+. The second-order valence-corrected chi connectivity index (χ2v) is 3.90. The molecule has 0 aliphatic carbocycles. The lowest BCUT2D eigenvalue weighted by molar-refractivity contribution is -0.116. The van der Waals surface area contributed by atoms with E-state index < -0.39 is 0 Å². The minimum atomic E-state index is 0.232. The summed E-state index contributed by atoms with van der Waals surface area (Å²) in [6.45, 7) is 5.48. The van der Waals surface area contributed by atoms with Crippen LogP contribution in [0.15, 0.2) is 23.3 Å². The van der Waals surface area contributed by atoms with Crippen molar-refractivity contribution in [3.05, 3.63) is 23.3 Å². The Hall–Kier alpha value is -1.18. The second-order valence-electron chi connectivity index (χ2n) is 3.90. The van der Waals surface area contributed by atoms with Crippen LogP contribution in [-0.4, -0.2) is 12.1 Å². The third kappa shape index (κ3) is 9.13. The van der Waals surface area contributed by atoms with E-state index in [0.717, 1.165) is 31.1 Å². The zero-order chi connectivity index (χ0) is 11.7. The van der Waals surface area contributed by atoms with E-state index in [9.17, 15) is 9.59 Å². The summed E-state index contributed by atoms with van der Waals surface area (Å²) in [5, 5.41) is 0. The molecular weight excluding hydrogens is 188 g/mol. The molecule has 0 radical (unpaired) electrons. The van der Waals surface area contributed by atoms with Crippen LogP contribution >= 0.6 is 0 Å². The van der Waals surface area contributed by atoms with Crippen LogP contribution in [0.5, 0.6) is 0 Å². The Morgan fingerprint density at radius 2 is 1.60 bits per heavy atom. The van der Waals surface area contributed by atoms with Crippen molar-refractivity contribution < 1.29 is 9.59 Å². The summed E-state index contributed by atoms with van der Waals surface area (Å²) in [6.07, 6.45) is 8.23. The summed E-state index contributed by atoms with van der Waals surface area (Å²) in [5.74, 6) is 0.232. The fraction of sp³-hybridized carbons (Fsp3) is 0.538. The normalized spacial score (nSPS) is 12.7. The van der Waals surface area contributed by atoms with Gasteiger partial charge in [-0.15, -0.1) is 0 Å². The van der Waals surface area contributed by atoms with E-state index in [-0.39, 0.29) is 5.78 Å². The molecule has 0 unspecified atom stereocenters. The van der Waals surface area contributed by atoms with Crippen LogP contribution in [0.25, 0.3) is 0 Å². The number of aldehydes is 1. The van der Waals surface area contributed by atoms with Gasteiger partial charge >= 0.3 is 0 Å². The fourth-order valence-corrected chi connectivity index (χ4v) is 1.20. The van der Waals surface area contributed by atoms with E-state index in [1.807, 2.05) is 13.0 Å². The summed E-state index contributed by atoms with van der Waals surface area (Å²) in [4.78, 5) is 21.0. The molecule has 2 nitrogen and oxygen atoms in total. The van der Waals surface area contributed by atoms with Crippen LogP contribution in [0.3, 0.4) is 0 Å². The van der Waals surface area contributed by atoms with Crippen LogP contribution in [0, 0.1) is 0 Å². The maximum Gasteiger partial charge on any atom is 0.145 e. The molecule has 0 saturated carbocycles. The van der Waals surface area contributed by atoms with Crippen molar-refractivity contribution in [2.75, 3.05) is 0 Å². The van der Waals surface area contributed by atoms with Crippen LogP contribution in [0.4, 0.5) is 0 Å². The molecule has 0 aromatic heterocycles. The van der Waals surface area contributed by atoms with Gasteiger partial charge in [0, 0.05) is 6.42 Å². The van der Waals surface area contributed by atoms with Gasteiger partial charge in [0.05, 0.1) is 0 Å². The first-order valence-corrected chi connectivity index (χ1v) is 5.33. The maximum absolute atomic E-state index is 10.7. The minimum Gasteiger partial charge on any atom is -0.300 e. The Morgan fingerprint density at radius 1 is 1.00 bits per heavy atom. The summed E-state index contributed by atoms with van der Waals surface area (Å²) in [6, 6.07) is 0. The first-order chi connectivity index (χ1) is 7.06. The quantitative estimate of drug-likeness (QED) is 0.365. The molecule has 0 rings (SSSR count).